The Labute approximate surface area is 190 Å². The average Bonchev–Trinajstić information content (AvgIpc) is 2.70. The lowest BCUT2D eigenvalue weighted by Gasteiger charge is -2.10. The quantitative estimate of drug-likeness (QED) is 0.272. The predicted octanol–water partition coefficient (Wildman–Crippen LogP) is 6.26. The minimum absolute atomic E-state index is 0.353. The van der Waals surface area contributed by atoms with Gasteiger partial charge >= 0.3 is 5.97 Å². The number of halogens is 3. The van der Waals surface area contributed by atoms with Crippen LogP contribution in [0.4, 0.5) is 8.78 Å². The largest absolute Gasteiger partial charge is 0.481 e. The molecular weight excluding hydrogens is 521 g/mol. The van der Waals surface area contributed by atoms with Gasteiger partial charge in [0.15, 0.2) is 6.61 Å². The fraction of sp³-hybridized carbons (Fsp3) is 0.0870. The third-order valence-electron chi connectivity index (χ3n) is 4.06. The second kappa shape index (κ2) is 10.6. The lowest BCUT2D eigenvalue weighted by Crippen LogP contribution is -2.10. The Morgan fingerprint density at radius 1 is 1.00 bits per heavy atom. The Morgan fingerprint density at radius 2 is 1.63 bits per heavy atom. The lowest BCUT2D eigenvalue weighted by atomic mass is 9.97. The SMILES string of the molecule is O=C(O)COc1ccc(SCC=C(c2cccc(F)c2)c2cccc(F)c2)cc1I. The van der Waals surface area contributed by atoms with E-state index >= 15 is 0 Å². The number of benzene rings is 3. The van der Waals surface area contributed by atoms with Gasteiger partial charge in [-0.15, -0.1) is 11.8 Å². The number of aliphatic carboxylic acids is 1. The van der Waals surface area contributed by atoms with Crippen LogP contribution in [0, 0.1) is 15.2 Å². The van der Waals surface area contributed by atoms with Crippen molar-refractivity contribution >= 4 is 45.9 Å². The molecule has 0 bridgehead atoms. The molecule has 3 nitrogen and oxygen atoms in total. The van der Waals surface area contributed by atoms with E-state index in [0.29, 0.717) is 22.6 Å². The first-order valence-corrected chi connectivity index (χ1v) is 11.0. The van der Waals surface area contributed by atoms with Crippen molar-refractivity contribution in [1.29, 1.82) is 0 Å². The van der Waals surface area contributed by atoms with Crippen molar-refractivity contribution in [3.63, 3.8) is 0 Å². The van der Waals surface area contributed by atoms with Crippen molar-refractivity contribution in [2.45, 2.75) is 4.90 Å². The molecule has 0 aromatic heterocycles. The van der Waals surface area contributed by atoms with Gasteiger partial charge in [0.2, 0.25) is 0 Å². The van der Waals surface area contributed by atoms with E-state index in [1.165, 1.54) is 24.3 Å². The van der Waals surface area contributed by atoms with Crippen molar-refractivity contribution < 1.29 is 23.4 Å². The molecule has 0 radical (unpaired) electrons. The lowest BCUT2D eigenvalue weighted by molar-refractivity contribution is -0.139. The molecular formula is C23H17F2IO3S. The van der Waals surface area contributed by atoms with Crippen LogP contribution in [0.5, 0.6) is 5.75 Å². The maximum absolute atomic E-state index is 13.7. The van der Waals surface area contributed by atoms with Crippen LogP contribution < -0.4 is 4.74 Å². The van der Waals surface area contributed by atoms with Crippen LogP contribution >= 0.6 is 34.4 Å². The molecule has 7 heteroatoms. The van der Waals surface area contributed by atoms with E-state index in [2.05, 4.69) is 22.6 Å². The van der Waals surface area contributed by atoms with Gasteiger partial charge in [0.05, 0.1) is 3.57 Å². The zero-order valence-corrected chi connectivity index (χ0v) is 18.6. The number of carbonyl (C=O) groups is 1. The molecule has 3 aromatic carbocycles. The van der Waals surface area contributed by atoms with E-state index in [4.69, 9.17) is 9.84 Å². The summed E-state index contributed by atoms with van der Waals surface area (Å²) < 4.78 is 33.5. The van der Waals surface area contributed by atoms with Gasteiger partial charge in [-0.2, -0.15) is 0 Å². The van der Waals surface area contributed by atoms with Crippen LogP contribution in [0.15, 0.2) is 77.7 Å². The van der Waals surface area contributed by atoms with E-state index in [9.17, 15) is 13.6 Å². The molecule has 3 aromatic rings. The maximum atomic E-state index is 13.7. The van der Waals surface area contributed by atoms with Crippen LogP contribution in [-0.4, -0.2) is 23.4 Å². The van der Waals surface area contributed by atoms with Crippen LogP contribution in [0.1, 0.15) is 11.1 Å². The van der Waals surface area contributed by atoms with E-state index in [0.717, 1.165) is 14.0 Å². The first-order valence-electron chi connectivity index (χ1n) is 8.91. The molecule has 30 heavy (non-hydrogen) atoms. The summed E-state index contributed by atoms with van der Waals surface area (Å²) in [6.07, 6.45) is 1.94. The topological polar surface area (TPSA) is 46.5 Å². The monoisotopic (exact) mass is 538 g/mol. The van der Waals surface area contributed by atoms with Gasteiger partial charge < -0.3 is 9.84 Å². The first-order chi connectivity index (χ1) is 14.4. The molecule has 0 heterocycles. The number of carboxylic acids is 1. The molecule has 3 rings (SSSR count). The Kier molecular flexibility index (Phi) is 7.87. The highest BCUT2D eigenvalue weighted by molar-refractivity contribution is 14.1. The highest BCUT2D eigenvalue weighted by Gasteiger charge is 2.09. The molecule has 0 atom stereocenters. The second-order valence-electron chi connectivity index (χ2n) is 6.22. The highest BCUT2D eigenvalue weighted by Crippen LogP contribution is 2.30. The van der Waals surface area contributed by atoms with E-state index in [1.54, 1.807) is 42.1 Å². The van der Waals surface area contributed by atoms with E-state index in [1.807, 2.05) is 18.2 Å². The van der Waals surface area contributed by atoms with Gasteiger partial charge in [-0.05, 0) is 81.8 Å². The van der Waals surface area contributed by atoms with Crippen molar-refractivity contribution in [3.05, 3.63) is 99.1 Å². The number of hydrogen-bond acceptors (Lipinski definition) is 3. The van der Waals surface area contributed by atoms with Gasteiger partial charge in [0.25, 0.3) is 0 Å². The fourth-order valence-corrected chi connectivity index (χ4v) is 4.45. The van der Waals surface area contributed by atoms with Crippen molar-refractivity contribution in [2.75, 3.05) is 12.4 Å². The number of rotatable bonds is 8. The summed E-state index contributed by atoms with van der Waals surface area (Å²) in [6.45, 7) is -0.393. The minimum Gasteiger partial charge on any atom is -0.481 e. The zero-order chi connectivity index (χ0) is 21.5. The third-order valence-corrected chi connectivity index (χ3v) is 5.83. The summed E-state index contributed by atoms with van der Waals surface area (Å²) in [6, 6.07) is 17.9. The zero-order valence-electron chi connectivity index (χ0n) is 15.6. The Bertz CT molecular complexity index is 1040. The van der Waals surface area contributed by atoms with Crippen LogP contribution in [0.25, 0.3) is 5.57 Å². The van der Waals surface area contributed by atoms with Gasteiger partial charge in [0.1, 0.15) is 17.4 Å². The van der Waals surface area contributed by atoms with Gasteiger partial charge in [-0.3, -0.25) is 0 Å². The molecule has 0 amide bonds. The van der Waals surface area contributed by atoms with Crippen molar-refractivity contribution in [2.24, 2.45) is 0 Å². The summed E-state index contributed by atoms with van der Waals surface area (Å²) in [4.78, 5) is 11.6. The number of carboxylic acid groups (broad SMARTS) is 1. The second-order valence-corrected chi connectivity index (χ2v) is 8.48. The standard InChI is InChI=1S/C23H17F2IO3S/c24-17-5-1-3-15(11-17)20(16-4-2-6-18(25)12-16)9-10-30-19-7-8-22(21(26)13-19)29-14-23(27)28/h1-9,11-13H,10,14H2,(H,27,28). The average molecular weight is 538 g/mol. The summed E-state index contributed by atoms with van der Waals surface area (Å²) in [7, 11) is 0. The molecule has 0 unspecified atom stereocenters. The maximum Gasteiger partial charge on any atom is 0.341 e. The summed E-state index contributed by atoms with van der Waals surface area (Å²) in [5.74, 6) is -0.647. The Hall–Kier alpha value is -2.39. The molecule has 0 spiro atoms. The number of hydrogen-bond donors (Lipinski definition) is 1. The first kappa shape index (κ1) is 22.3. The molecule has 0 aliphatic heterocycles. The Balaban J connectivity index is 1.79. The van der Waals surface area contributed by atoms with Crippen molar-refractivity contribution in [1.82, 2.24) is 0 Å². The summed E-state index contributed by atoms with van der Waals surface area (Å²) >= 11 is 3.65. The van der Waals surface area contributed by atoms with Gasteiger partial charge in [-0.25, -0.2) is 13.6 Å². The molecule has 0 saturated heterocycles. The molecule has 0 aliphatic carbocycles. The number of thioether (sulfide) groups is 1. The molecule has 0 saturated carbocycles. The van der Waals surface area contributed by atoms with Crippen LogP contribution in [-0.2, 0) is 4.79 Å². The summed E-state index contributed by atoms with van der Waals surface area (Å²) in [5, 5.41) is 8.73. The number of ether oxygens (including phenoxy) is 1. The predicted molar refractivity (Wildman–Crippen MR) is 123 cm³/mol. The molecule has 0 fully saturated rings. The molecule has 0 aliphatic rings. The highest BCUT2D eigenvalue weighted by atomic mass is 127. The molecule has 154 valence electrons. The van der Waals surface area contributed by atoms with Crippen LogP contribution in [0.3, 0.4) is 0 Å². The minimum atomic E-state index is -1.03. The smallest absolute Gasteiger partial charge is 0.341 e. The normalized spacial score (nSPS) is 10.5. The molecule has 1 N–H and O–H groups in total. The fourth-order valence-electron chi connectivity index (χ4n) is 2.76. The van der Waals surface area contributed by atoms with Gasteiger partial charge in [0, 0.05) is 10.6 Å². The van der Waals surface area contributed by atoms with Crippen molar-refractivity contribution in [3.8, 4) is 5.75 Å². The van der Waals surface area contributed by atoms with Gasteiger partial charge in [-0.1, -0.05) is 30.3 Å². The van der Waals surface area contributed by atoms with E-state index in [-0.39, 0.29) is 11.6 Å². The third kappa shape index (κ3) is 6.30. The summed E-state index contributed by atoms with van der Waals surface area (Å²) in [5.41, 5.74) is 2.10. The van der Waals surface area contributed by atoms with Crippen LogP contribution in [0.2, 0.25) is 0 Å². The Morgan fingerprint density at radius 3 is 2.17 bits per heavy atom. The van der Waals surface area contributed by atoms with E-state index < -0.39 is 12.6 Å².